The molecule has 0 saturated carbocycles. The van der Waals surface area contributed by atoms with Crippen LogP contribution < -0.4 is 4.74 Å². The fourth-order valence-electron chi connectivity index (χ4n) is 1.24. The molecule has 1 nitrogen and oxygen atoms in total. The zero-order chi connectivity index (χ0) is 12.5. The first-order valence-corrected chi connectivity index (χ1v) is 12.3. The van der Waals surface area contributed by atoms with Crippen molar-refractivity contribution in [3.05, 3.63) is 65.2 Å². The van der Waals surface area contributed by atoms with Gasteiger partial charge in [-0.15, -0.1) is 5.56 Å². The molecule has 0 aliphatic carbocycles. The maximum absolute atomic E-state index is 5.84. The summed E-state index contributed by atoms with van der Waals surface area (Å²) in [7, 11) is 0. The quantitative estimate of drug-likeness (QED) is 0.574. The normalized spacial score (nSPS) is 9.18. The van der Waals surface area contributed by atoms with E-state index >= 15 is 0 Å². The third-order valence-corrected chi connectivity index (χ3v) is 2.20. The van der Waals surface area contributed by atoms with Crippen LogP contribution in [0, 0.1) is 6.07 Å². The Kier molecular flexibility index (Phi) is 7.51. The van der Waals surface area contributed by atoms with Crippen LogP contribution in [0.3, 0.4) is 0 Å². The number of benzene rings is 2. The van der Waals surface area contributed by atoms with Crippen molar-refractivity contribution < 1.29 is 21.1 Å². The second kappa shape index (κ2) is 8.68. The minimum atomic E-state index is 0.515. The summed E-state index contributed by atoms with van der Waals surface area (Å²) >= 11 is 10.1. The van der Waals surface area contributed by atoms with Crippen LogP contribution in [-0.4, -0.2) is 0 Å². The van der Waals surface area contributed by atoms with Gasteiger partial charge in [0.05, 0.1) is 6.61 Å². The van der Waals surface area contributed by atoms with Crippen molar-refractivity contribution in [1.82, 2.24) is 0 Å². The molecule has 0 bridgehead atoms. The van der Waals surface area contributed by atoms with E-state index in [4.69, 9.17) is 16.3 Å². The van der Waals surface area contributed by atoms with Crippen LogP contribution in [0.1, 0.15) is 5.56 Å². The first-order chi connectivity index (χ1) is 8.34. The summed E-state index contributed by atoms with van der Waals surface area (Å²) in [6, 6.07) is 18.2. The van der Waals surface area contributed by atoms with Gasteiger partial charge < -0.3 is 4.74 Å². The van der Waals surface area contributed by atoms with Gasteiger partial charge in [-0.05, 0) is 18.2 Å². The van der Waals surface area contributed by atoms with E-state index in [9.17, 15) is 0 Å². The van der Waals surface area contributed by atoms with Gasteiger partial charge in [-0.3, -0.25) is 0 Å². The van der Waals surface area contributed by atoms with Gasteiger partial charge in [0.2, 0.25) is 0 Å². The van der Waals surface area contributed by atoms with Gasteiger partial charge in [0, 0.05) is 5.02 Å². The van der Waals surface area contributed by atoms with Crippen molar-refractivity contribution in [3.63, 3.8) is 0 Å². The van der Waals surface area contributed by atoms with E-state index in [1.807, 2.05) is 42.5 Å². The molecule has 0 unspecified atom stereocenters. The summed E-state index contributed by atoms with van der Waals surface area (Å²) in [5.41, 5.74) is 1.03. The van der Waals surface area contributed by atoms with Crippen LogP contribution in [0.5, 0.6) is 5.75 Å². The Balaban J connectivity index is 0.000000686. The Morgan fingerprint density at radius 2 is 2.00 bits per heavy atom. The average Bonchev–Trinajstić information content (AvgIpc) is 2.40. The number of ether oxygens (including phenoxy) is 1. The fourth-order valence-corrected chi connectivity index (χ4v) is 1.42. The van der Waals surface area contributed by atoms with E-state index in [-0.39, 0.29) is 0 Å². The molecule has 84 valence electrons. The molecule has 0 N–H and O–H groups in total. The predicted molar refractivity (Wildman–Crippen MR) is 70.0 cm³/mol. The van der Waals surface area contributed by atoms with E-state index in [0.29, 0.717) is 11.6 Å². The SMILES string of the molecule is Clc1cccc(OCc2[c-]cccc2)c1.[Zn+][Br]. The topological polar surface area (TPSA) is 9.23 Å². The van der Waals surface area contributed by atoms with Crippen LogP contribution in [0.15, 0.2) is 48.5 Å². The Labute approximate surface area is 123 Å². The zero-order valence-corrected chi connectivity index (χ0v) is 14.5. The Hall–Kier alpha value is -0.367. The summed E-state index contributed by atoms with van der Waals surface area (Å²) < 4.78 is 5.56. The van der Waals surface area contributed by atoms with Gasteiger partial charge in [0.25, 0.3) is 0 Å². The van der Waals surface area contributed by atoms with Crippen molar-refractivity contribution in [2.24, 2.45) is 0 Å². The van der Waals surface area contributed by atoms with Gasteiger partial charge in [0.1, 0.15) is 5.75 Å². The fraction of sp³-hybridized carbons (Fsp3) is 0.0769. The molecule has 2 rings (SSSR count). The summed E-state index contributed by atoms with van der Waals surface area (Å²) in [6.45, 7) is 0.515. The second-order valence-corrected chi connectivity index (χ2v) is 3.57. The van der Waals surface area contributed by atoms with E-state index in [1.54, 1.807) is 6.07 Å². The molecule has 17 heavy (non-hydrogen) atoms. The molecule has 0 spiro atoms. The summed E-state index contributed by atoms with van der Waals surface area (Å²) in [5, 5.41) is 0.685. The molecule has 0 radical (unpaired) electrons. The van der Waals surface area contributed by atoms with E-state index in [0.717, 1.165) is 11.3 Å². The minimum absolute atomic E-state index is 0.515. The number of rotatable bonds is 3. The van der Waals surface area contributed by atoms with Crippen LogP contribution in [0.25, 0.3) is 0 Å². The van der Waals surface area contributed by atoms with Crippen molar-refractivity contribution in [3.8, 4) is 5.75 Å². The molecule has 0 amide bonds. The number of hydrogen-bond acceptors (Lipinski definition) is 1. The summed E-state index contributed by atoms with van der Waals surface area (Å²) in [4.78, 5) is 0. The van der Waals surface area contributed by atoms with Gasteiger partial charge in [0.15, 0.2) is 0 Å². The molecule has 0 aliphatic heterocycles. The van der Waals surface area contributed by atoms with Crippen molar-refractivity contribution >= 4 is 25.2 Å². The third-order valence-electron chi connectivity index (χ3n) is 1.96. The van der Waals surface area contributed by atoms with E-state index < -0.39 is 0 Å². The van der Waals surface area contributed by atoms with E-state index in [1.165, 1.54) is 16.3 Å². The van der Waals surface area contributed by atoms with Crippen molar-refractivity contribution in [2.75, 3.05) is 0 Å². The molecule has 0 atom stereocenters. The van der Waals surface area contributed by atoms with Crippen molar-refractivity contribution in [2.45, 2.75) is 6.61 Å². The van der Waals surface area contributed by atoms with Crippen LogP contribution >= 0.6 is 25.2 Å². The molecule has 0 aliphatic rings. The number of hydrogen-bond donors (Lipinski definition) is 0. The molecule has 0 fully saturated rings. The molecule has 0 saturated heterocycles. The standard InChI is InChI=1S/C13H10ClO.BrH.Zn/c14-12-7-4-8-13(9-12)15-10-11-5-2-1-3-6-11;;/h1-5,7-9H,10H2;1H;/q-1;;+2/p-1. The molecular formula is C13H10BrClOZn. The monoisotopic (exact) mass is 360 g/mol. The molecule has 2 aromatic rings. The molecular weight excluding hydrogens is 353 g/mol. The Morgan fingerprint density at radius 1 is 1.18 bits per heavy atom. The van der Waals surface area contributed by atoms with Gasteiger partial charge in [-0.2, -0.15) is 30.3 Å². The molecule has 2 aromatic carbocycles. The Morgan fingerprint density at radius 3 is 2.65 bits per heavy atom. The van der Waals surface area contributed by atoms with E-state index in [2.05, 4.69) is 19.7 Å². The van der Waals surface area contributed by atoms with Crippen LogP contribution in [0.4, 0.5) is 0 Å². The molecule has 4 heteroatoms. The van der Waals surface area contributed by atoms with Gasteiger partial charge >= 0.3 is 30.0 Å². The first kappa shape index (κ1) is 14.7. The average molecular weight is 363 g/mol. The maximum atomic E-state index is 5.84. The third kappa shape index (κ3) is 5.67. The summed E-state index contributed by atoms with van der Waals surface area (Å²) in [6.07, 6.45) is 0. The first-order valence-electron chi connectivity index (χ1n) is 4.95. The van der Waals surface area contributed by atoms with Crippen molar-refractivity contribution in [1.29, 1.82) is 0 Å². The van der Waals surface area contributed by atoms with Gasteiger partial charge in [-0.25, -0.2) is 0 Å². The van der Waals surface area contributed by atoms with Gasteiger partial charge in [-0.1, -0.05) is 17.7 Å². The second-order valence-electron chi connectivity index (χ2n) is 3.13. The zero-order valence-electron chi connectivity index (χ0n) is 9.20. The molecule has 0 heterocycles. The predicted octanol–water partition coefficient (Wildman–Crippen LogP) is 4.56. The van der Waals surface area contributed by atoms with Crippen LogP contribution in [-0.2, 0) is 22.9 Å². The molecule has 0 aromatic heterocycles. The summed E-state index contributed by atoms with van der Waals surface area (Å²) in [5.74, 6) is 0.778. The number of halogens is 2. The Bertz CT molecular complexity index is 436. The van der Waals surface area contributed by atoms with Crippen LogP contribution in [0.2, 0.25) is 5.02 Å².